The lowest BCUT2D eigenvalue weighted by Crippen LogP contribution is -2.00. The number of carboxylic acid groups (broad SMARTS) is 1. The second kappa shape index (κ2) is 6.15. The van der Waals surface area contributed by atoms with E-state index in [2.05, 4.69) is 10.1 Å². The molecule has 0 radical (unpaired) electrons. The number of benzene rings is 1. The van der Waals surface area contributed by atoms with Gasteiger partial charge in [0.15, 0.2) is 11.0 Å². The minimum atomic E-state index is -0.903. The molecule has 0 amide bonds. The Hall–Kier alpha value is -1.73. The Labute approximate surface area is 124 Å². The number of hydrogen-bond acceptors (Lipinski definition) is 5. The van der Waals surface area contributed by atoms with E-state index in [1.54, 1.807) is 32.4 Å². The van der Waals surface area contributed by atoms with E-state index in [1.807, 2.05) is 0 Å². The number of carboxylic acids is 1. The summed E-state index contributed by atoms with van der Waals surface area (Å²) in [6, 6.07) is 5.16. The van der Waals surface area contributed by atoms with E-state index in [0.717, 1.165) is 11.8 Å². The van der Waals surface area contributed by atoms with Crippen molar-refractivity contribution in [1.29, 1.82) is 0 Å². The lowest BCUT2D eigenvalue weighted by atomic mass is 10.2. The van der Waals surface area contributed by atoms with Crippen LogP contribution in [0.3, 0.4) is 0 Å². The summed E-state index contributed by atoms with van der Waals surface area (Å²) in [4.78, 5) is 14.9. The molecule has 2 rings (SSSR count). The van der Waals surface area contributed by atoms with E-state index in [-0.39, 0.29) is 5.75 Å². The van der Waals surface area contributed by atoms with Gasteiger partial charge in [-0.1, -0.05) is 23.4 Å². The molecular formula is C12H12ClN3O3S. The Bertz CT molecular complexity index is 645. The number of carbonyl (C=O) groups is 1. The fourth-order valence-electron chi connectivity index (χ4n) is 1.59. The standard InChI is InChI=1S/C12H12ClN3O3S/c1-16-12(20-6-10(17)18)14-11(15-16)8-5-7(13)3-4-9(8)19-2/h3-5H,6H2,1-2H3,(H,17,18). The quantitative estimate of drug-likeness (QED) is 0.854. The molecule has 0 aliphatic rings. The van der Waals surface area contributed by atoms with Crippen molar-refractivity contribution in [3.8, 4) is 17.1 Å². The number of hydrogen-bond donors (Lipinski definition) is 1. The van der Waals surface area contributed by atoms with Gasteiger partial charge in [-0.2, -0.15) is 5.10 Å². The van der Waals surface area contributed by atoms with Crippen molar-refractivity contribution in [2.45, 2.75) is 5.16 Å². The van der Waals surface area contributed by atoms with E-state index in [0.29, 0.717) is 27.3 Å². The number of thioether (sulfide) groups is 1. The van der Waals surface area contributed by atoms with Crippen LogP contribution in [0.15, 0.2) is 23.4 Å². The second-order valence-corrected chi connectivity index (χ2v) is 5.25. The Kier molecular flexibility index (Phi) is 4.51. The molecule has 20 heavy (non-hydrogen) atoms. The number of aromatic nitrogens is 3. The molecule has 1 aromatic heterocycles. The summed E-state index contributed by atoms with van der Waals surface area (Å²) in [7, 11) is 3.26. The summed E-state index contributed by atoms with van der Waals surface area (Å²) < 4.78 is 6.78. The zero-order chi connectivity index (χ0) is 14.7. The van der Waals surface area contributed by atoms with Crippen molar-refractivity contribution in [2.75, 3.05) is 12.9 Å². The smallest absolute Gasteiger partial charge is 0.313 e. The van der Waals surface area contributed by atoms with Crippen LogP contribution in [0, 0.1) is 0 Å². The SMILES string of the molecule is COc1ccc(Cl)cc1-c1nc(SCC(=O)O)n(C)n1. The average Bonchev–Trinajstić information content (AvgIpc) is 2.77. The van der Waals surface area contributed by atoms with Gasteiger partial charge in [0.25, 0.3) is 0 Å². The predicted molar refractivity (Wildman–Crippen MR) is 76.4 cm³/mol. The monoisotopic (exact) mass is 313 g/mol. The minimum absolute atomic E-state index is 0.0708. The van der Waals surface area contributed by atoms with Gasteiger partial charge in [-0.05, 0) is 18.2 Å². The van der Waals surface area contributed by atoms with E-state index in [9.17, 15) is 4.79 Å². The molecule has 0 spiro atoms. The molecule has 106 valence electrons. The largest absolute Gasteiger partial charge is 0.496 e. The van der Waals surface area contributed by atoms with Crippen LogP contribution in [0.25, 0.3) is 11.4 Å². The topological polar surface area (TPSA) is 77.2 Å². The van der Waals surface area contributed by atoms with Gasteiger partial charge in [-0.3, -0.25) is 4.79 Å². The van der Waals surface area contributed by atoms with E-state index in [1.165, 1.54) is 4.68 Å². The maximum atomic E-state index is 10.6. The summed E-state index contributed by atoms with van der Waals surface area (Å²) in [6.45, 7) is 0. The highest BCUT2D eigenvalue weighted by molar-refractivity contribution is 7.99. The van der Waals surface area contributed by atoms with Gasteiger partial charge in [0.1, 0.15) is 5.75 Å². The molecule has 1 aromatic carbocycles. The van der Waals surface area contributed by atoms with Crippen LogP contribution < -0.4 is 4.74 Å². The first-order valence-electron chi connectivity index (χ1n) is 5.61. The molecule has 0 bridgehead atoms. The Morgan fingerprint density at radius 1 is 1.55 bits per heavy atom. The maximum Gasteiger partial charge on any atom is 0.313 e. The lowest BCUT2D eigenvalue weighted by molar-refractivity contribution is -0.133. The number of rotatable bonds is 5. The first kappa shape index (κ1) is 14.7. The van der Waals surface area contributed by atoms with Crippen LogP contribution in [0.2, 0.25) is 5.02 Å². The third kappa shape index (κ3) is 3.23. The summed E-state index contributed by atoms with van der Waals surface area (Å²) in [5.41, 5.74) is 0.665. The molecule has 6 nitrogen and oxygen atoms in total. The van der Waals surface area contributed by atoms with E-state index in [4.69, 9.17) is 21.4 Å². The average molecular weight is 314 g/mol. The van der Waals surface area contributed by atoms with Crippen LogP contribution in [0.1, 0.15) is 0 Å². The van der Waals surface area contributed by atoms with Gasteiger partial charge in [0, 0.05) is 12.1 Å². The summed E-state index contributed by atoms with van der Waals surface area (Å²) in [6.07, 6.45) is 0. The molecule has 1 N–H and O–H groups in total. The van der Waals surface area contributed by atoms with Crippen molar-refractivity contribution < 1.29 is 14.6 Å². The number of ether oxygens (including phenoxy) is 1. The maximum absolute atomic E-state index is 10.6. The van der Waals surface area contributed by atoms with Crippen molar-refractivity contribution in [2.24, 2.45) is 7.05 Å². The van der Waals surface area contributed by atoms with Crippen LogP contribution in [0.5, 0.6) is 5.75 Å². The van der Waals surface area contributed by atoms with Gasteiger partial charge in [0.2, 0.25) is 0 Å². The Morgan fingerprint density at radius 3 is 2.95 bits per heavy atom. The van der Waals surface area contributed by atoms with Crippen molar-refractivity contribution in [3.63, 3.8) is 0 Å². The van der Waals surface area contributed by atoms with Crippen LogP contribution in [0.4, 0.5) is 0 Å². The number of methoxy groups -OCH3 is 1. The Balaban J connectivity index is 2.36. The van der Waals surface area contributed by atoms with Crippen LogP contribution >= 0.6 is 23.4 Å². The minimum Gasteiger partial charge on any atom is -0.496 e. The van der Waals surface area contributed by atoms with Crippen LogP contribution in [-0.4, -0.2) is 38.7 Å². The first-order valence-corrected chi connectivity index (χ1v) is 6.97. The third-order valence-electron chi connectivity index (χ3n) is 2.45. The van der Waals surface area contributed by atoms with Gasteiger partial charge in [0.05, 0.1) is 18.4 Å². The fraction of sp³-hybridized carbons (Fsp3) is 0.250. The van der Waals surface area contributed by atoms with E-state index >= 15 is 0 Å². The van der Waals surface area contributed by atoms with Crippen LogP contribution in [-0.2, 0) is 11.8 Å². The second-order valence-electron chi connectivity index (χ2n) is 3.87. The molecule has 0 atom stereocenters. The normalized spacial score (nSPS) is 10.6. The number of aryl methyl sites for hydroxylation is 1. The first-order chi connectivity index (χ1) is 9.51. The third-order valence-corrected chi connectivity index (χ3v) is 3.69. The summed E-state index contributed by atoms with van der Waals surface area (Å²) >= 11 is 7.08. The molecular weight excluding hydrogens is 302 g/mol. The van der Waals surface area contributed by atoms with Gasteiger partial charge < -0.3 is 9.84 Å². The van der Waals surface area contributed by atoms with Gasteiger partial charge >= 0.3 is 5.97 Å². The molecule has 0 aliphatic heterocycles. The zero-order valence-electron chi connectivity index (χ0n) is 10.8. The van der Waals surface area contributed by atoms with Crippen molar-refractivity contribution >= 4 is 29.3 Å². The molecule has 0 unspecified atom stereocenters. The summed E-state index contributed by atoms with van der Waals surface area (Å²) in [5, 5.41) is 14.0. The van der Waals surface area contributed by atoms with Gasteiger partial charge in [-0.25, -0.2) is 9.67 Å². The molecule has 0 aliphatic carbocycles. The number of halogens is 1. The molecule has 0 saturated heterocycles. The Morgan fingerprint density at radius 2 is 2.30 bits per heavy atom. The molecule has 0 fully saturated rings. The van der Waals surface area contributed by atoms with Gasteiger partial charge in [-0.15, -0.1) is 0 Å². The lowest BCUT2D eigenvalue weighted by Gasteiger charge is -2.05. The molecule has 0 saturated carbocycles. The van der Waals surface area contributed by atoms with E-state index < -0.39 is 5.97 Å². The summed E-state index contributed by atoms with van der Waals surface area (Å²) in [5.74, 6) is 0.0768. The highest BCUT2D eigenvalue weighted by atomic mass is 35.5. The molecule has 1 heterocycles. The number of nitrogens with zero attached hydrogens (tertiary/aromatic N) is 3. The van der Waals surface area contributed by atoms with Crippen molar-refractivity contribution in [1.82, 2.24) is 14.8 Å². The highest BCUT2D eigenvalue weighted by Gasteiger charge is 2.15. The molecule has 8 heteroatoms. The highest BCUT2D eigenvalue weighted by Crippen LogP contribution is 2.31. The fourth-order valence-corrected chi connectivity index (χ4v) is 2.39. The predicted octanol–water partition coefficient (Wildman–Crippen LogP) is 2.32. The van der Waals surface area contributed by atoms with Crippen molar-refractivity contribution in [3.05, 3.63) is 23.2 Å². The number of aliphatic carboxylic acids is 1. The zero-order valence-corrected chi connectivity index (χ0v) is 12.4. The molecule has 2 aromatic rings.